The van der Waals surface area contributed by atoms with Gasteiger partial charge < -0.3 is 4.90 Å². The third-order valence-corrected chi connectivity index (χ3v) is 4.76. The van der Waals surface area contributed by atoms with Gasteiger partial charge in [-0.05, 0) is 18.3 Å². The van der Waals surface area contributed by atoms with Gasteiger partial charge in [0.05, 0.1) is 0 Å². The molecule has 1 fully saturated rings. The molecule has 1 heterocycles. The predicted molar refractivity (Wildman–Crippen MR) is 75.8 cm³/mol. The van der Waals surface area contributed by atoms with Crippen molar-refractivity contribution in [1.29, 1.82) is 0 Å². The lowest BCUT2D eigenvalue weighted by Crippen LogP contribution is -2.42. The van der Waals surface area contributed by atoms with E-state index < -0.39 is 0 Å². The fourth-order valence-electron chi connectivity index (χ4n) is 2.68. The highest BCUT2D eigenvalue weighted by atomic mass is 79.9. The molecule has 1 aliphatic heterocycles. The minimum atomic E-state index is -0.155. The molecule has 18 heavy (non-hydrogen) atoms. The van der Waals surface area contributed by atoms with Gasteiger partial charge >= 0.3 is 6.03 Å². The van der Waals surface area contributed by atoms with E-state index in [2.05, 4.69) is 29.8 Å². The number of hydrogen-bond donors (Lipinski definition) is 0. The normalized spacial score (nSPS) is 16.9. The fourth-order valence-corrected chi connectivity index (χ4v) is 3.42. The molecule has 1 rings (SSSR count). The average molecular weight is 319 g/mol. The van der Waals surface area contributed by atoms with Crippen LogP contribution in [0.15, 0.2) is 0 Å². The first kappa shape index (κ1) is 15.5. The summed E-state index contributed by atoms with van der Waals surface area (Å²) in [6.07, 6.45) is 4.20. The van der Waals surface area contributed by atoms with Crippen LogP contribution < -0.4 is 0 Å². The minimum absolute atomic E-state index is 0.0278. The van der Waals surface area contributed by atoms with E-state index in [1.807, 2.05) is 0 Å². The first-order chi connectivity index (χ1) is 8.49. The second kappa shape index (κ2) is 6.55. The molecule has 0 aliphatic carbocycles. The Labute approximate surface area is 118 Å². The molecule has 0 spiro atoms. The van der Waals surface area contributed by atoms with E-state index in [-0.39, 0.29) is 23.9 Å². The summed E-state index contributed by atoms with van der Waals surface area (Å²) in [6, 6.07) is -0.155. The molecule has 0 aromatic rings. The SMILES string of the molecule is CCCC(CBr)(CCC)CN1C(=O)CN(C)C1=O. The van der Waals surface area contributed by atoms with Crippen LogP contribution in [-0.4, -0.2) is 47.2 Å². The van der Waals surface area contributed by atoms with Gasteiger partial charge in [-0.3, -0.25) is 9.69 Å². The third kappa shape index (κ3) is 3.25. The molecule has 1 saturated heterocycles. The summed E-state index contributed by atoms with van der Waals surface area (Å²) in [6.45, 7) is 5.05. The summed E-state index contributed by atoms with van der Waals surface area (Å²) < 4.78 is 0. The van der Waals surface area contributed by atoms with Crippen molar-refractivity contribution in [3.8, 4) is 0 Å². The fraction of sp³-hybridized carbons (Fsp3) is 0.846. The van der Waals surface area contributed by atoms with Crippen LogP contribution in [0.25, 0.3) is 0 Å². The summed E-state index contributed by atoms with van der Waals surface area (Å²) in [4.78, 5) is 26.7. The van der Waals surface area contributed by atoms with Gasteiger partial charge in [0.1, 0.15) is 6.54 Å². The van der Waals surface area contributed by atoms with Gasteiger partial charge in [-0.2, -0.15) is 0 Å². The van der Waals surface area contributed by atoms with E-state index in [1.54, 1.807) is 7.05 Å². The maximum Gasteiger partial charge on any atom is 0.326 e. The van der Waals surface area contributed by atoms with Crippen molar-refractivity contribution in [2.75, 3.05) is 25.5 Å². The van der Waals surface area contributed by atoms with Crippen molar-refractivity contribution in [1.82, 2.24) is 9.80 Å². The highest BCUT2D eigenvalue weighted by Gasteiger charge is 2.39. The van der Waals surface area contributed by atoms with Gasteiger partial charge in [0.15, 0.2) is 0 Å². The number of amides is 3. The monoisotopic (exact) mass is 318 g/mol. The van der Waals surface area contributed by atoms with Crippen LogP contribution in [0, 0.1) is 5.41 Å². The van der Waals surface area contributed by atoms with E-state index in [1.165, 1.54) is 9.80 Å². The molecule has 4 nitrogen and oxygen atoms in total. The zero-order chi connectivity index (χ0) is 13.8. The van der Waals surface area contributed by atoms with Crippen molar-refractivity contribution in [3.63, 3.8) is 0 Å². The van der Waals surface area contributed by atoms with Gasteiger partial charge in [0.25, 0.3) is 0 Å². The topological polar surface area (TPSA) is 40.6 Å². The number of urea groups is 1. The molecule has 0 aromatic carbocycles. The lowest BCUT2D eigenvalue weighted by molar-refractivity contribution is -0.126. The van der Waals surface area contributed by atoms with Gasteiger partial charge in [-0.25, -0.2) is 4.79 Å². The zero-order valence-corrected chi connectivity index (χ0v) is 13.1. The Morgan fingerprint density at radius 2 is 1.78 bits per heavy atom. The number of carbonyl (C=O) groups excluding carboxylic acids is 2. The molecule has 0 radical (unpaired) electrons. The lowest BCUT2D eigenvalue weighted by atomic mass is 9.81. The lowest BCUT2D eigenvalue weighted by Gasteiger charge is -2.34. The van der Waals surface area contributed by atoms with Gasteiger partial charge in [0, 0.05) is 18.9 Å². The quantitative estimate of drug-likeness (QED) is 0.535. The van der Waals surface area contributed by atoms with E-state index in [9.17, 15) is 9.59 Å². The van der Waals surface area contributed by atoms with Crippen molar-refractivity contribution in [2.24, 2.45) is 5.41 Å². The van der Waals surface area contributed by atoms with Gasteiger partial charge in [-0.1, -0.05) is 42.6 Å². The van der Waals surface area contributed by atoms with Crippen LogP contribution in [0.2, 0.25) is 0 Å². The number of halogens is 1. The Balaban J connectivity index is 2.82. The molecule has 5 heteroatoms. The van der Waals surface area contributed by atoms with Crippen LogP contribution in [0.5, 0.6) is 0 Å². The smallest absolute Gasteiger partial charge is 0.318 e. The van der Waals surface area contributed by atoms with E-state index in [4.69, 9.17) is 0 Å². The number of nitrogens with zero attached hydrogens (tertiary/aromatic N) is 2. The molecular formula is C13H23BrN2O2. The predicted octanol–water partition coefficient (Wildman–Crippen LogP) is 2.86. The van der Waals surface area contributed by atoms with Crippen molar-refractivity contribution in [2.45, 2.75) is 39.5 Å². The van der Waals surface area contributed by atoms with E-state index in [0.29, 0.717) is 6.54 Å². The number of rotatable bonds is 7. The zero-order valence-electron chi connectivity index (χ0n) is 11.5. The molecule has 0 aromatic heterocycles. The largest absolute Gasteiger partial charge is 0.326 e. The molecule has 1 aliphatic rings. The first-order valence-electron chi connectivity index (χ1n) is 6.61. The molecule has 0 atom stereocenters. The highest BCUT2D eigenvalue weighted by molar-refractivity contribution is 9.09. The number of imide groups is 1. The summed E-state index contributed by atoms with van der Waals surface area (Å²) >= 11 is 3.57. The van der Waals surface area contributed by atoms with Crippen LogP contribution in [0.1, 0.15) is 39.5 Å². The third-order valence-electron chi connectivity index (χ3n) is 3.57. The maximum atomic E-state index is 11.9. The van der Waals surface area contributed by atoms with Crippen LogP contribution in [-0.2, 0) is 4.79 Å². The molecule has 104 valence electrons. The Morgan fingerprint density at radius 1 is 1.22 bits per heavy atom. The van der Waals surface area contributed by atoms with Crippen molar-refractivity contribution >= 4 is 27.9 Å². The number of hydrogen-bond acceptors (Lipinski definition) is 2. The number of carbonyl (C=O) groups is 2. The number of alkyl halides is 1. The number of likely N-dealkylation sites (N-methyl/N-ethyl adjacent to an activating group) is 1. The van der Waals surface area contributed by atoms with Crippen LogP contribution in [0.4, 0.5) is 4.79 Å². The summed E-state index contributed by atoms with van der Waals surface area (Å²) in [7, 11) is 1.68. The van der Waals surface area contributed by atoms with Crippen LogP contribution >= 0.6 is 15.9 Å². The molecule has 0 N–H and O–H groups in total. The van der Waals surface area contributed by atoms with E-state index in [0.717, 1.165) is 31.0 Å². The summed E-state index contributed by atoms with van der Waals surface area (Å²) in [5.41, 5.74) is 0.0278. The Kier molecular flexibility index (Phi) is 5.63. The second-order valence-corrected chi connectivity index (χ2v) is 5.81. The summed E-state index contributed by atoms with van der Waals surface area (Å²) in [5.74, 6) is -0.0694. The van der Waals surface area contributed by atoms with Gasteiger partial charge in [-0.15, -0.1) is 0 Å². The Morgan fingerprint density at radius 3 is 2.11 bits per heavy atom. The molecule has 0 bridgehead atoms. The standard InChI is InChI=1S/C13H23BrN2O2/c1-4-6-13(9-14,7-5-2)10-16-11(17)8-15(3)12(16)18/h4-10H2,1-3H3. The van der Waals surface area contributed by atoms with Crippen molar-refractivity contribution < 1.29 is 9.59 Å². The first-order valence-corrected chi connectivity index (χ1v) is 7.73. The Bertz CT molecular complexity index is 314. The second-order valence-electron chi connectivity index (χ2n) is 5.25. The maximum absolute atomic E-state index is 11.9. The van der Waals surface area contributed by atoms with E-state index >= 15 is 0 Å². The van der Waals surface area contributed by atoms with Crippen molar-refractivity contribution in [3.05, 3.63) is 0 Å². The Hall–Kier alpha value is -0.580. The minimum Gasteiger partial charge on any atom is -0.318 e. The van der Waals surface area contributed by atoms with Gasteiger partial charge in [0.2, 0.25) is 5.91 Å². The molecule has 0 unspecified atom stereocenters. The molecule has 3 amide bonds. The average Bonchev–Trinajstić information content (AvgIpc) is 2.56. The van der Waals surface area contributed by atoms with Crippen LogP contribution in [0.3, 0.4) is 0 Å². The molecular weight excluding hydrogens is 296 g/mol. The summed E-state index contributed by atoms with van der Waals surface area (Å²) in [5, 5.41) is 0.836. The molecule has 0 saturated carbocycles. The highest BCUT2D eigenvalue weighted by Crippen LogP contribution is 2.34.